The zero-order valence-corrected chi connectivity index (χ0v) is 19.2. The number of fused-ring (bicyclic) bond motifs is 1. The lowest BCUT2D eigenvalue weighted by atomic mass is 10.2. The molecular formula is C22H22BrN3O4S. The van der Waals surface area contributed by atoms with Crippen molar-refractivity contribution in [3.8, 4) is 0 Å². The van der Waals surface area contributed by atoms with Gasteiger partial charge in [0.05, 0.1) is 4.90 Å². The zero-order chi connectivity index (χ0) is 22.0. The number of amides is 2. The van der Waals surface area contributed by atoms with Crippen molar-refractivity contribution < 1.29 is 18.0 Å². The molecule has 4 rings (SSSR count). The van der Waals surface area contributed by atoms with Crippen LogP contribution in [-0.4, -0.2) is 48.5 Å². The Hall–Kier alpha value is -2.65. The minimum Gasteiger partial charge on any atom is -0.341 e. The van der Waals surface area contributed by atoms with Gasteiger partial charge in [0, 0.05) is 40.3 Å². The second-order valence-electron chi connectivity index (χ2n) is 7.54. The molecule has 1 aliphatic heterocycles. The molecule has 1 aromatic heterocycles. The average Bonchev–Trinajstić information content (AvgIpc) is 3.38. The smallest absolute Gasteiger partial charge is 0.242 e. The van der Waals surface area contributed by atoms with E-state index in [2.05, 4.69) is 21.2 Å². The molecule has 0 spiro atoms. The number of benzene rings is 2. The number of rotatable bonds is 6. The Kier molecular flexibility index (Phi) is 6.15. The SMILES string of the molecule is O=C(CS(=O)(=O)c1cn(CC(=O)N2CCCC2)c2ccccc12)Nc1ccc(Br)cc1. The van der Waals surface area contributed by atoms with Gasteiger partial charge in [0.15, 0.2) is 9.84 Å². The van der Waals surface area contributed by atoms with Gasteiger partial charge in [-0.05, 0) is 43.2 Å². The molecule has 1 N–H and O–H groups in total. The molecule has 0 radical (unpaired) electrons. The molecule has 0 atom stereocenters. The van der Waals surface area contributed by atoms with Crippen LogP contribution in [0, 0.1) is 0 Å². The molecule has 3 aromatic rings. The Bertz CT molecular complexity index is 1230. The average molecular weight is 504 g/mol. The van der Waals surface area contributed by atoms with Crippen LogP contribution in [0.2, 0.25) is 0 Å². The maximum Gasteiger partial charge on any atom is 0.242 e. The highest BCUT2D eigenvalue weighted by atomic mass is 79.9. The Labute approximate surface area is 189 Å². The summed E-state index contributed by atoms with van der Waals surface area (Å²) in [5.74, 6) is -1.33. The monoisotopic (exact) mass is 503 g/mol. The first kappa shape index (κ1) is 21.6. The maximum absolute atomic E-state index is 13.1. The molecule has 7 nitrogen and oxygen atoms in total. The summed E-state index contributed by atoms with van der Waals surface area (Å²) in [6, 6.07) is 13.9. The number of nitrogens with one attached hydrogen (secondary N) is 1. The number of sulfone groups is 1. The fraction of sp³-hybridized carbons (Fsp3) is 0.273. The number of halogens is 1. The molecule has 2 amide bonds. The van der Waals surface area contributed by atoms with Crippen molar-refractivity contribution in [2.75, 3.05) is 24.2 Å². The number of anilines is 1. The van der Waals surface area contributed by atoms with Gasteiger partial charge in [-0.15, -0.1) is 0 Å². The first-order valence-corrected chi connectivity index (χ1v) is 12.4. The summed E-state index contributed by atoms with van der Waals surface area (Å²) in [5.41, 5.74) is 1.17. The summed E-state index contributed by atoms with van der Waals surface area (Å²) >= 11 is 3.32. The third-order valence-corrected chi connectivity index (χ3v) is 7.47. The summed E-state index contributed by atoms with van der Waals surface area (Å²) in [6.07, 6.45) is 3.46. The largest absolute Gasteiger partial charge is 0.341 e. The normalized spacial score (nSPS) is 14.2. The van der Waals surface area contributed by atoms with Crippen LogP contribution in [0.5, 0.6) is 0 Å². The van der Waals surface area contributed by atoms with Crippen molar-refractivity contribution in [3.63, 3.8) is 0 Å². The second-order valence-corrected chi connectivity index (χ2v) is 10.4. The molecule has 31 heavy (non-hydrogen) atoms. The molecule has 9 heteroatoms. The van der Waals surface area contributed by atoms with Crippen LogP contribution in [0.3, 0.4) is 0 Å². The number of likely N-dealkylation sites (tertiary alicyclic amines) is 1. The van der Waals surface area contributed by atoms with Crippen LogP contribution in [0.1, 0.15) is 12.8 Å². The number of carbonyl (C=O) groups is 2. The van der Waals surface area contributed by atoms with Crippen LogP contribution in [0.25, 0.3) is 10.9 Å². The van der Waals surface area contributed by atoms with Gasteiger partial charge >= 0.3 is 0 Å². The minimum absolute atomic E-state index is 0.0322. The van der Waals surface area contributed by atoms with Crippen LogP contribution >= 0.6 is 15.9 Å². The second kappa shape index (κ2) is 8.84. The third kappa shape index (κ3) is 4.83. The van der Waals surface area contributed by atoms with Gasteiger partial charge < -0.3 is 14.8 Å². The first-order chi connectivity index (χ1) is 14.8. The minimum atomic E-state index is -3.92. The van der Waals surface area contributed by atoms with Gasteiger partial charge in [0.2, 0.25) is 11.8 Å². The van der Waals surface area contributed by atoms with Crippen LogP contribution in [0.4, 0.5) is 5.69 Å². The molecular weight excluding hydrogens is 482 g/mol. The molecule has 1 saturated heterocycles. The number of para-hydroxylation sites is 1. The van der Waals surface area contributed by atoms with Gasteiger partial charge in [0.1, 0.15) is 12.3 Å². The molecule has 0 aliphatic carbocycles. The van der Waals surface area contributed by atoms with E-state index in [1.165, 1.54) is 6.20 Å². The molecule has 2 heterocycles. The lowest BCUT2D eigenvalue weighted by Gasteiger charge is -2.15. The summed E-state index contributed by atoms with van der Waals surface area (Å²) in [5, 5.41) is 3.12. The third-order valence-electron chi connectivity index (χ3n) is 5.30. The maximum atomic E-state index is 13.1. The van der Waals surface area contributed by atoms with Gasteiger partial charge in [-0.2, -0.15) is 0 Å². The van der Waals surface area contributed by atoms with E-state index in [-0.39, 0.29) is 17.3 Å². The van der Waals surface area contributed by atoms with Gasteiger partial charge in [-0.25, -0.2) is 8.42 Å². The number of hydrogen-bond donors (Lipinski definition) is 1. The Morgan fingerprint density at radius 2 is 1.68 bits per heavy atom. The standard InChI is InChI=1S/C22H22BrN3O4S/c23-16-7-9-17(10-8-16)24-21(27)15-31(29,30)20-13-26(19-6-2-1-5-18(19)20)14-22(28)25-11-3-4-12-25/h1-2,5-10,13H,3-4,11-12,14-15H2,(H,24,27). The van der Waals surface area contributed by atoms with Crippen molar-refractivity contribution in [3.05, 3.63) is 59.2 Å². The molecule has 1 aliphatic rings. The van der Waals surface area contributed by atoms with E-state index in [0.717, 1.165) is 30.4 Å². The van der Waals surface area contributed by atoms with E-state index in [4.69, 9.17) is 0 Å². The quantitative estimate of drug-likeness (QED) is 0.557. The number of aromatic nitrogens is 1. The van der Waals surface area contributed by atoms with Gasteiger partial charge in [0.25, 0.3) is 0 Å². The number of carbonyl (C=O) groups excluding carboxylic acids is 2. The molecule has 0 bridgehead atoms. The fourth-order valence-corrected chi connectivity index (χ4v) is 5.42. The summed E-state index contributed by atoms with van der Waals surface area (Å²) in [6.45, 7) is 1.54. The molecule has 0 saturated carbocycles. The van der Waals surface area contributed by atoms with Crippen molar-refractivity contribution in [1.29, 1.82) is 0 Å². The highest BCUT2D eigenvalue weighted by molar-refractivity contribution is 9.10. The fourth-order valence-electron chi connectivity index (χ4n) is 3.78. The van der Waals surface area contributed by atoms with Crippen molar-refractivity contribution >= 4 is 54.2 Å². The Balaban J connectivity index is 1.58. The molecule has 1 fully saturated rings. The van der Waals surface area contributed by atoms with Gasteiger partial charge in [-0.3, -0.25) is 9.59 Å². The van der Waals surface area contributed by atoms with E-state index >= 15 is 0 Å². The van der Waals surface area contributed by atoms with Crippen LogP contribution < -0.4 is 5.32 Å². The number of nitrogens with zero attached hydrogens (tertiary/aromatic N) is 2. The lowest BCUT2D eigenvalue weighted by molar-refractivity contribution is -0.130. The molecule has 162 valence electrons. The summed E-state index contributed by atoms with van der Waals surface area (Å²) in [4.78, 5) is 26.9. The summed E-state index contributed by atoms with van der Waals surface area (Å²) in [7, 11) is -3.92. The number of hydrogen-bond acceptors (Lipinski definition) is 4. The van der Waals surface area contributed by atoms with Gasteiger partial charge in [-0.1, -0.05) is 34.1 Å². The highest BCUT2D eigenvalue weighted by Crippen LogP contribution is 2.27. The topological polar surface area (TPSA) is 88.5 Å². The van der Waals surface area contributed by atoms with Crippen LogP contribution in [0.15, 0.2) is 64.1 Å². The summed E-state index contributed by atoms with van der Waals surface area (Å²) < 4.78 is 28.7. The zero-order valence-electron chi connectivity index (χ0n) is 16.8. The Morgan fingerprint density at radius 3 is 2.39 bits per heavy atom. The molecule has 0 unspecified atom stereocenters. The van der Waals surface area contributed by atoms with E-state index in [1.54, 1.807) is 58.0 Å². The van der Waals surface area contributed by atoms with Crippen molar-refractivity contribution in [1.82, 2.24) is 9.47 Å². The Morgan fingerprint density at radius 1 is 1.00 bits per heavy atom. The van der Waals surface area contributed by atoms with E-state index < -0.39 is 21.5 Å². The highest BCUT2D eigenvalue weighted by Gasteiger charge is 2.26. The predicted molar refractivity (Wildman–Crippen MR) is 123 cm³/mol. The lowest BCUT2D eigenvalue weighted by Crippen LogP contribution is -2.30. The van der Waals surface area contributed by atoms with Crippen LogP contribution in [-0.2, 0) is 26.0 Å². The first-order valence-electron chi connectivity index (χ1n) is 9.97. The predicted octanol–water partition coefficient (Wildman–Crippen LogP) is 3.44. The van der Waals surface area contributed by atoms with Crippen molar-refractivity contribution in [2.45, 2.75) is 24.3 Å². The van der Waals surface area contributed by atoms with E-state index in [0.29, 0.717) is 16.6 Å². The van der Waals surface area contributed by atoms with E-state index in [1.807, 2.05) is 0 Å². The van der Waals surface area contributed by atoms with E-state index in [9.17, 15) is 18.0 Å². The molecule has 2 aromatic carbocycles. The van der Waals surface area contributed by atoms with Crippen molar-refractivity contribution in [2.24, 2.45) is 0 Å².